The van der Waals surface area contributed by atoms with Gasteiger partial charge in [-0.05, 0) is 18.2 Å². The maximum atomic E-state index is 13.5. The van der Waals surface area contributed by atoms with E-state index in [2.05, 4.69) is 5.32 Å². The second-order valence-corrected chi connectivity index (χ2v) is 3.50. The molecule has 0 fully saturated rings. The largest absolute Gasteiger partial charge is 0.382 e. The first-order chi connectivity index (χ1) is 8.21. The van der Waals surface area contributed by atoms with Crippen LogP contribution in [0.4, 0.5) is 10.1 Å². The molecule has 0 heterocycles. The van der Waals surface area contributed by atoms with Gasteiger partial charge in [0.25, 0.3) is 0 Å². The van der Waals surface area contributed by atoms with E-state index in [1.54, 1.807) is 20.3 Å². The molecule has 0 aliphatic heterocycles. The number of benzene rings is 1. The van der Waals surface area contributed by atoms with E-state index in [4.69, 9.17) is 14.7 Å². The number of ether oxygens (including phenoxy) is 2. The summed E-state index contributed by atoms with van der Waals surface area (Å²) in [6, 6.07) is 6.17. The number of nitrogens with one attached hydrogen (secondary N) is 1. The number of nitriles is 1. The summed E-state index contributed by atoms with van der Waals surface area (Å²) in [7, 11) is 3.15. The smallest absolute Gasteiger partial charge is 0.147 e. The van der Waals surface area contributed by atoms with Crippen molar-refractivity contribution in [3.8, 4) is 6.07 Å². The molecule has 0 bridgehead atoms. The van der Waals surface area contributed by atoms with Gasteiger partial charge in [0.1, 0.15) is 5.82 Å². The van der Waals surface area contributed by atoms with Crippen molar-refractivity contribution in [3.05, 3.63) is 29.6 Å². The molecule has 4 nitrogen and oxygen atoms in total. The summed E-state index contributed by atoms with van der Waals surface area (Å²) >= 11 is 0. The topological polar surface area (TPSA) is 54.3 Å². The first-order valence-corrected chi connectivity index (χ1v) is 5.16. The lowest BCUT2D eigenvalue weighted by Gasteiger charge is -2.16. The Labute approximate surface area is 100.0 Å². The van der Waals surface area contributed by atoms with Gasteiger partial charge in [0, 0.05) is 20.8 Å². The van der Waals surface area contributed by atoms with E-state index in [0.29, 0.717) is 24.4 Å². The number of anilines is 1. The van der Waals surface area contributed by atoms with Gasteiger partial charge in [0.2, 0.25) is 0 Å². The molecule has 0 spiro atoms. The van der Waals surface area contributed by atoms with Crippen molar-refractivity contribution in [2.24, 2.45) is 0 Å². The molecule has 0 amide bonds. The maximum absolute atomic E-state index is 13.5. The number of hydrogen-bond acceptors (Lipinski definition) is 4. The van der Waals surface area contributed by atoms with Gasteiger partial charge < -0.3 is 14.8 Å². The first kappa shape index (κ1) is 13.4. The molecule has 5 heteroatoms. The molecule has 1 rings (SSSR count). The van der Waals surface area contributed by atoms with Crippen molar-refractivity contribution in [1.82, 2.24) is 0 Å². The summed E-state index contributed by atoms with van der Waals surface area (Å²) in [5.74, 6) is -0.448. The highest BCUT2D eigenvalue weighted by atomic mass is 19.1. The minimum atomic E-state index is -0.448. The normalized spacial score (nSPS) is 11.9. The average Bonchev–Trinajstić information content (AvgIpc) is 2.35. The Morgan fingerprint density at radius 1 is 1.47 bits per heavy atom. The molecule has 17 heavy (non-hydrogen) atoms. The van der Waals surface area contributed by atoms with Crippen LogP contribution in [-0.2, 0) is 9.47 Å². The lowest BCUT2D eigenvalue weighted by atomic mass is 10.2. The van der Waals surface area contributed by atoms with Crippen molar-refractivity contribution < 1.29 is 13.9 Å². The molecule has 0 saturated heterocycles. The molecular formula is C12H15FN2O2. The zero-order valence-electron chi connectivity index (χ0n) is 9.87. The van der Waals surface area contributed by atoms with Crippen LogP contribution in [0.2, 0.25) is 0 Å². The van der Waals surface area contributed by atoms with Gasteiger partial charge >= 0.3 is 0 Å². The van der Waals surface area contributed by atoms with Gasteiger partial charge in [-0.2, -0.15) is 5.26 Å². The second-order valence-electron chi connectivity index (χ2n) is 3.50. The molecule has 1 aromatic rings. The SMILES string of the molecule is COCC(CNc1ccc(C#N)cc1F)OC. The number of hydrogen-bond donors (Lipinski definition) is 1. The highest BCUT2D eigenvalue weighted by Crippen LogP contribution is 2.15. The monoisotopic (exact) mass is 238 g/mol. The van der Waals surface area contributed by atoms with Crippen molar-refractivity contribution in [3.63, 3.8) is 0 Å². The lowest BCUT2D eigenvalue weighted by molar-refractivity contribution is 0.0365. The number of halogens is 1. The molecule has 1 N–H and O–H groups in total. The van der Waals surface area contributed by atoms with Crippen LogP contribution >= 0.6 is 0 Å². The Hall–Kier alpha value is -1.64. The van der Waals surface area contributed by atoms with E-state index in [9.17, 15) is 4.39 Å². The van der Waals surface area contributed by atoms with Crippen LogP contribution in [-0.4, -0.2) is 33.5 Å². The van der Waals surface area contributed by atoms with E-state index in [1.165, 1.54) is 12.1 Å². The maximum Gasteiger partial charge on any atom is 0.147 e. The molecule has 1 atom stereocenters. The van der Waals surface area contributed by atoms with Crippen LogP contribution in [0.3, 0.4) is 0 Å². The van der Waals surface area contributed by atoms with Crippen molar-refractivity contribution in [2.75, 3.05) is 32.7 Å². The van der Waals surface area contributed by atoms with Gasteiger partial charge in [-0.3, -0.25) is 0 Å². The molecule has 0 aliphatic carbocycles. The third-order valence-electron chi connectivity index (χ3n) is 2.30. The number of rotatable bonds is 6. The van der Waals surface area contributed by atoms with Crippen molar-refractivity contribution >= 4 is 5.69 Å². The zero-order valence-corrected chi connectivity index (χ0v) is 9.87. The van der Waals surface area contributed by atoms with Crippen LogP contribution in [0.25, 0.3) is 0 Å². The predicted octanol–water partition coefficient (Wildman–Crippen LogP) is 1.77. The van der Waals surface area contributed by atoms with Crippen molar-refractivity contribution in [1.29, 1.82) is 5.26 Å². The molecule has 0 radical (unpaired) electrons. The molecule has 92 valence electrons. The standard InChI is InChI=1S/C12H15FN2O2/c1-16-8-10(17-2)7-15-12-4-3-9(6-14)5-11(12)13/h3-5,10,15H,7-8H2,1-2H3. The first-order valence-electron chi connectivity index (χ1n) is 5.16. The van der Waals surface area contributed by atoms with Gasteiger partial charge in [-0.25, -0.2) is 4.39 Å². The molecule has 0 saturated carbocycles. The highest BCUT2D eigenvalue weighted by Gasteiger charge is 2.08. The van der Waals surface area contributed by atoms with Crippen LogP contribution in [0, 0.1) is 17.1 Å². The summed E-state index contributed by atoms with van der Waals surface area (Å²) in [5.41, 5.74) is 0.649. The van der Waals surface area contributed by atoms with E-state index in [0.717, 1.165) is 0 Å². The van der Waals surface area contributed by atoms with E-state index in [-0.39, 0.29) is 6.10 Å². The Bertz CT molecular complexity index is 404. The third kappa shape index (κ3) is 4.02. The Kier molecular flexibility index (Phi) is 5.40. The number of nitrogens with zero attached hydrogens (tertiary/aromatic N) is 1. The second kappa shape index (κ2) is 6.84. The van der Waals surface area contributed by atoms with Crippen LogP contribution < -0.4 is 5.32 Å². The van der Waals surface area contributed by atoms with E-state index in [1.807, 2.05) is 6.07 Å². The Balaban J connectivity index is 2.60. The molecule has 0 aliphatic rings. The van der Waals surface area contributed by atoms with Crippen molar-refractivity contribution in [2.45, 2.75) is 6.10 Å². The Morgan fingerprint density at radius 3 is 2.76 bits per heavy atom. The Morgan fingerprint density at radius 2 is 2.24 bits per heavy atom. The molecule has 1 unspecified atom stereocenters. The zero-order chi connectivity index (χ0) is 12.7. The summed E-state index contributed by atoms with van der Waals surface area (Å²) in [6.07, 6.45) is -0.143. The predicted molar refractivity (Wildman–Crippen MR) is 62.3 cm³/mol. The van der Waals surface area contributed by atoms with Crippen LogP contribution in [0.15, 0.2) is 18.2 Å². The van der Waals surface area contributed by atoms with E-state index >= 15 is 0 Å². The van der Waals surface area contributed by atoms with Crippen LogP contribution in [0.1, 0.15) is 5.56 Å². The minimum Gasteiger partial charge on any atom is -0.382 e. The minimum absolute atomic E-state index is 0.143. The fraction of sp³-hybridized carbons (Fsp3) is 0.417. The lowest BCUT2D eigenvalue weighted by Crippen LogP contribution is -2.26. The third-order valence-corrected chi connectivity index (χ3v) is 2.30. The summed E-state index contributed by atoms with van der Waals surface area (Å²) in [5, 5.41) is 11.5. The summed E-state index contributed by atoms with van der Waals surface area (Å²) < 4.78 is 23.6. The summed E-state index contributed by atoms with van der Waals surface area (Å²) in [4.78, 5) is 0. The quantitative estimate of drug-likeness (QED) is 0.820. The van der Waals surface area contributed by atoms with E-state index < -0.39 is 5.82 Å². The average molecular weight is 238 g/mol. The fourth-order valence-corrected chi connectivity index (χ4v) is 1.35. The summed E-state index contributed by atoms with van der Waals surface area (Å²) in [6.45, 7) is 0.870. The van der Waals surface area contributed by atoms with Gasteiger partial charge in [0.15, 0.2) is 0 Å². The number of methoxy groups -OCH3 is 2. The highest BCUT2D eigenvalue weighted by molar-refractivity contribution is 5.48. The van der Waals surface area contributed by atoms with Gasteiger partial charge in [0.05, 0.1) is 30.0 Å². The van der Waals surface area contributed by atoms with Gasteiger partial charge in [-0.15, -0.1) is 0 Å². The molecular weight excluding hydrogens is 223 g/mol. The van der Waals surface area contributed by atoms with Crippen LogP contribution in [0.5, 0.6) is 0 Å². The molecule has 0 aromatic heterocycles. The molecule has 1 aromatic carbocycles. The fourth-order valence-electron chi connectivity index (χ4n) is 1.35. The van der Waals surface area contributed by atoms with Gasteiger partial charge in [-0.1, -0.05) is 0 Å².